The van der Waals surface area contributed by atoms with E-state index in [2.05, 4.69) is 26.9 Å². The Balaban J connectivity index is 2.05. The van der Waals surface area contributed by atoms with Gasteiger partial charge in [-0.05, 0) is 35.9 Å². The molecule has 0 aromatic carbocycles. The van der Waals surface area contributed by atoms with Gasteiger partial charge in [-0.1, -0.05) is 6.07 Å². The lowest BCUT2D eigenvalue weighted by Gasteiger charge is -2.22. The van der Waals surface area contributed by atoms with Crippen LogP contribution >= 0.6 is 0 Å². The average Bonchev–Trinajstić information content (AvgIpc) is 2.78. The minimum atomic E-state index is 0.549. The Bertz CT molecular complexity index is 458. The van der Waals surface area contributed by atoms with Crippen LogP contribution in [0.3, 0.4) is 0 Å². The number of tetrazole rings is 1. The molecule has 1 fully saturated rings. The fourth-order valence-electron chi connectivity index (χ4n) is 2.22. The van der Waals surface area contributed by atoms with Crippen LogP contribution in [0.1, 0.15) is 24.3 Å². The first kappa shape index (κ1) is 8.79. The van der Waals surface area contributed by atoms with Crippen molar-refractivity contribution in [1.82, 2.24) is 25.4 Å². The van der Waals surface area contributed by atoms with E-state index in [4.69, 9.17) is 0 Å². The van der Waals surface area contributed by atoms with Gasteiger partial charge in [0.1, 0.15) is 0 Å². The number of hydrogen-bond donors (Lipinski definition) is 1. The average molecular weight is 203 g/mol. The first-order valence-electron chi connectivity index (χ1n) is 5.32. The molecule has 0 bridgehead atoms. The van der Waals surface area contributed by atoms with Gasteiger partial charge >= 0.3 is 0 Å². The minimum Gasteiger partial charge on any atom is -0.316 e. The molecule has 3 rings (SSSR count). The van der Waals surface area contributed by atoms with Gasteiger partial charge in [-0.15, -0.1) is 5.10 Å². The third-order valence-corrected chi connectivity index (χ3v) is 2.99. The topological polar surface area (TPSA) is 55.1 Å². The fraction of sp³-hybridized carbons (Fsp3) is 0.500. The molecule has 2 aromatic rings. The van der Waals surface area contributed by atoms with E-state index >= 15 is 0 Å². The quantitative estimate of drug-likeness (QED) is 0.737. The lowest BCUT2D eigenvalue weighted by atomic mass is 9.92. The van der Waals surface area contributed by atoms with E-state index in [1.807, 2.05) is 12.3 Å². The van der Waals surface area contributed by atoms with Crippen LogP contribution in [-0.4, -0.2) is 33.1 Å². The Morgan fingerprint density at radius 2 is 2.47 bits per heavy atom. The maximum absolute atomic E-state index is 4.07. The van der Waals surface area contributed by atoms with E-state index in [-0.39, 0.29) is 0 Å². The molecule has 0 aliphatic carbocycles. The lowest BCUT2D eigenvalue weighted by molar-refractivity contribution is 0.462. The van der Waals surface area contributed by atoms with Gasteiger partial charge in [0, 0.05) is 24.2 Å². The van der Waals surface area contributed by atoms with Crippen LogP contribution in [0.2, 0.25) is 0 Å². The minimum absolute atomic E-state index is 0.549. The van der Waals surface area contributed by atoms with Gasteiger partial charge in [-0.3, -0.25) is 0 Å². The molecule has 0 saturated carbocycles. The SMILES string of the molecule is c1cc(C2CCCNC2)c2nnnn2c1. The summed E-state index contributed by atoms with van der Waals surface area (Å²) in [4.78, 5) is 0. The normalized spacial score (nSPS) is 22.0. The highest BCUT2D eigenvalue weighted by molar-refractivity contribution is 5.47. The molecular formula is C10H13N5. The van der Waals surface area contributed by atoms with Gasteiger partial charge in [-0.2, -0.15) is 0 Å². The third kappa shape index (κ3) is 1.48. The Morgan fingerprint density at radius 3 is 3.33 bits per heavy atom. The molecule has 15 heavy (non-hydrogen) atoms. The van der Waals surface area contributed by atoms with Gasteiger partial charge in [-0.25, -0.2) is 4.52 Å². The Hall–Kier alpha value is -1.49. The largest absolute Gasteiger partial charge is 0.316 e. The summed E-state index contributed by atoms with van der Waals surface area (Å²) in [5.41, 5.74) is 2.15. The van der Waals surface area contributed by atoms with Crippen molar-refractivity contribution >= 4 is 5.65 Å². The van der Waals surface area contributed by atoms with Gasteiger partial charge in [0.15, 0.2) is 5.65 Å². The highest BCUT2D eigenvalue weighted by atomic mass is 15.5. The van der Waals surface area contributed by atoms with Crippen LogP contribution in [0.25, 0.3) is 5.65 Å². The number of nitrogens with zero attached hydrogens (tertiary/aromatic N) is 4. The number of hydrogen-bond acceptors (Lipinski definition) is 4. The zero-order valence-electron chi connectivity index (χ0n) is 8.43. The standard InChI is InChI=1S/C10H13N5/c1-3-8(7-11-5-1)9-4-2-6-15-10(9)12-13-14-15/h2,4,6,8,11H,1,3,5,7H2. The summed E-state index contributed by atoms with van der Waals surface area (Å²) in [6.45, 7) is 2.16. The van der Waals surface area contributed by atoms with Crippen molar-refractivity contribution < 1.29 is 0 Å². The van der Waals surface area contributed by atoms with E-state index in [1.54, 1.807) is 4.52 Å². The number of aromatic nitrogens is 4. The molecule has 3 heterocycles. The maximum Gasteiger partial charge on any atom is 0.182 e. The monoisotopic (exact) mass is 203 g/mol. The molecule has 1 saturated heterocycles. The highest BCUT2D eigenvalue weighted by Crippen LogP contribution is 2.25. The summed E-state index contributed by atoms with van der Waals surface area (Å²) < 4.78 is 1.74. The second-order valence-electron chi connectivity index (χ2n) is 3.95. The summed E-state index contributed by atoms with van der Waals surface area (Å²) in [5, 5.41) is 15.1. The summed E-state index contributed by atoms with van der Waals surface area (Å²) in [5.74, 6) is 0.549. The molecule has 0 spiro atoms. The highest BCUT2D eigenvalue weighted by Gasteiger charge is 2.18. The molecule has 1 aliphatic heterocycles. The Labute approximate surface area is 87.5 Å². The molecule has 1 aliphatic rings. The fourth-order valence-corrected chi connectivity index (χ4v) is 2.22. The van der Waals surface area contributed by atoms with Crippen molar-refractivity contribution in [1.29, 1.82) is 0 Å². The van der Waals surface area contributed by atoms with Crippen molar-refractivity contribution in [2.45, 2.75) is 18.8 Å². The number of rotatable bonds is 1. The Morgan fingerprint density at radius 1 is 1.47 bits per heavy atom. The Kier molecular flexibility index (Phi) is 2.10. The van der Waals surface area contributed by atoms with E-state index in [1.165, 1.54) is 18.4 Å². The van der Waals surface area contributed by atoms with Crippen molar-refractivity contribution in [3.05, 3.63) is 23.9 Å². The van der Waals surface area contributed by atoms with Gasteiger partial charge in [0.25, 0.3) is 0 Å². The second kappa shape index (κ2) is 3.58. The summed E-state index contributed by atoms with van der Waals surface area (Å²) in [6.07, 6.45) is 4.34. The van der Waals surface area contributed by atoms with Crippen molar-refractivity contribution in [3.63, 3.8) is 0 Å². The molecule has 0 amide bonds. The van der Waals surface area contributed by atoms with E-state index in [9.17, 15) is 0 Å². The number of pyridine rings is 1. The molecule has 0 radical (unpaired) electrons. The number of piperidine rings is 1. The predicted octanol–water partition coefficient (Wildman–Crippen LogP) is 0.591. The molecule has 5 heteroatoms. The summed E-state index contributed by atoms with van der Waals surface area (Å²) >= 11 is 0. The molecule has 1 N–H and O–H groups in total. The van der Waals surface area contributed by atoms with Crippen LogP contribution in [0.15, 0.2) is 18.3 Å². The van der Waals surface area contributed by atoms with Crippen molar-refractivity contribution in [2.75, 3.05) is 13.1 Å². The van der Waals surface area contributed by atoms with Crippen LogP contribution in [0.5, 0.6) is 0 Å². The molecular weight excluding hydrogens is 190 g/mol. The lowest BCUT2D eigenvalue weighted by Crippen LogP contribution is -2.28. The molecule has 78 valence electrons. The van der Waals surface area contributed by atoms with Crippen LogP contribution in [0, 0.1) is 0 Å². The van der Waals surface area contributed by atoms with Crippen LogP contribution in [0.4, 0.5) is 0 Å². The zero-order valence-corrected chi connectivity index (χ0v) is 8.43. The maximum atomic E-state index is 4.07. The number of nitrogens with one attached hydrogen (secondary N) is 1. The van der Waals surface area contributed by atoms with Gasteiger partial charge < -0.3 is 5.32 Å². The van der Waals surface area contributed by atoms with Crippen LogP contribution in [-0.2, 0) is 0 Å². The molecule has 2 aromatic heterocycles. The summed E-state index contributed by atoms with van der Waals surface area (Å²) in [6, 6.07) is 4.14. The third-order valence-electron chi connectivity index (χ3n) is 2.99. The second-order valence-corrected chi connectivity index (χ2v) is 3.95. The molecule has 5 nitrogen and oxygen atoms in total. The molecule has 1 unspecified atom stereocenters. The van der Waals surface area contributed by atoms with E-state index < -0.39 is 0 Å². The van der Waals surface area contributed by atoms with Crippen molar-refractivity contribution in [3.8, 4) is 0 Å². The predicted molar refractivity (Wildman–Crippen MR) is 55.6 cm³/mol. The first-order valence-corrected chi connectivity index (χ1v) is 5.32. The first-order chi connectivity index (χ1) is 7.45. The van der Waals surface area contributed by atoms with Crippen LogP contribution < -0.4 is 5.32 Å². The zero-order chi connectivity index (χ0) is 10.1. The smallest absolute Gasteiger partial charge is 0.182 e. The number of fused-ring (bicyclic) bond motifs is 1. The van der Waals surface area contributed by atoms with E-state index in [0.29, 0.717) is 5.92 Å². The molecule has 1 atom stereocenters. The van der Waals surface area contributed by atoms with Crippen molar-refractivity contribution in [2.24, 2.45) is 0 Å². The van der Waals surface area contributed by atoms with E-state index in [0.717, 1.165) is 18.7 Å². The summed E-state index contributed by atoms with van der Waals surface area (Å²) in [7, 11) is 0. The van der Waals surface area contributed by atoms with Gasteiger partial charge in [0.2, 0.25) is 0 Å². The van der Waals surface area contributed by atoms with Gasteiger partial charge in [0.05, 0.1) is 0 Å².